The zero-order chi connectivity index (χ0) is 28.2. The van der Waals surface area contributed by atoms with E-state index >= 15 is 0 Å². The molecule has 6 nitrogen and oxygen atoms in total. The predicted octanol–water partition coefficient (Wildman–Crippen LogP) is 4.90. The van der Waals surface area contributed by atoms with Crippen molar-refractivity contribution >= 4 is 23.2 Å². The molecule has 0 saturated carbocycles. The summed E-state index contributed by atoms with van der Waals surface area (Å²) in [7, 11) is 0. The fourth-order valence-corrected chi connectivity index (χ4v) is 4.79. The van der Waals surface area contributed by atoms with Crippen LogP contribution in [0.2, 0.25) is 0 Å². The van der Waals surface area contributed by atoms with Gasteiger partial charge < -0.3 is 15.7 Å². The molecule has 1 aliphatic heterocycles. The quantitative estimate of drug-likeness (QED) is 0.310. The third-order valence-electron chi connectivity index (χ3n) is 6.76. The smallest absolute Gasteiger partial charge is 0.269 e. The Morgan fingerprint density at radius 1 is 0.875 bits per heavy atom. The van der Waals surface area contributed by atoms with Gasteiger partial charge in [0, 0.05) is 17.0 Å². The number of amides is 2. The summed E-state index contributed by atoms with van der Waals surface area (Å²) in [5.41, 5.74) is 2.80. The van der Waals surface area contributed by atoms with E-state index < -0.39 is 53.9 Å². The molecule has 9 heteroatoms. The normalized spacial score (nSPS) is 16.1. The third-order valence-corrected chi connectivity index (χ3v) is 6.76. The highest BCUT2D eigenvalue weighted by molar-refractivity contribution is 6.19. The van der Waals surface area contributed by atoms with E-state index in [9.17, 15) is 27.9 Å². The van der Waals surface area contributed by atoms with Crippen molar-refractivity contribution in [2.45, 2.75) is 18.0 Å². The molecule has 1 unspecified atom stereocenters. The van der Waals surface area contributed by atoms with Gasteiger partial charge >= 0.3 is 0 Å². The van der Waals surface area contributed by atoms with Gasteiger partial charge in [-0.15, -0.1) is 0 Å². The third kappa shape index (κ3) is 5.50. The number of hydrogen-bond acceptors (Lipinski definition) is 4. The van der Waals surface area contributed by atoms with Gasteiger partial charge in [-0.1, -0.05) is 66.7 Å². The molecule has 3 N–H and O–H groups in total. The van der Waals surface area contributed by atoms with Gasteiger partial charge in [0.2, 0.25) is 12.1 Å². The van der Waals surface area contributed by atoms with E-state index in [4.69, 9.17) is 0 Å². The van der Waals surface area contributed by atoms with Crippen LogP contribution in [0.15, 0.2) is 102 Å². The van der Waals surface area contributed by atoms with Gasteiger partial charge in [0.15, 0.2) is 11.6 Å². The number of carbonyl (C=O) groups excluding carboxylic acids is 2. The molecule has 5 rings (SSSR count). The Hall–Kier alpha value is -4.76. The first-order valence-electron chi connectivity index (χ1n) is 12.5. The molecular formula is C31H24F3N3O3. The molecule has 4 aromatic carbocycles. The zero-order valence-corrected chi connectivity index (χ0v) is 21.0. The van der Waals surface area contributed by atoms with Crippen molar-refractivity contribution in [1.29, 1.82) is 0 Å². The van der Waals surface area contributed by atoms with Crippen molar-refractivity contribution in [2.75, 3.05) is 11.9 Å². The number of anilines is 1. The van der Waals surface area contributed by atoms with Gasteiger partial charge in [0.05, 0.1) is 23.9 Å². The lowest BCUT2D eigenvalue weighted by Gasteiger charge is -2.27. The number of benzene rings is 4. The number of carbonyl (C=O) groups is 2. The van der Waals surface area contributed by atoms with Crippen molar-refractivity contribution in [3.8, 4) is 0 Å². The van der Waals surface area contributed by atoms with Crippen LogP contribution in [0.3, 0.4) is 0 Å². The lowest BCUT2D eigenvalue weighted by molar-refractivity contribution is -0.127. The zero-order valence-electron chi connectivity index (χ0n) is 21.0. The van der Waals surface area contributed by atoms with Crippen LogP contribution in [0, 0.1) is 17.5 Å². The maximum Gasteiger partial charge on any atom is 0.269 e. The maximum absolute atomic E-state index is 14.1. The number of aliphatic hydroxyl groups is 1. The SMILES string of the molecule is O=C1Nc2ccccc2C(c2ccccc2)=NC1NC(=O)[C@H](c1ccc(F)cc1)[C@@H](CO)c1ccc(F)c(F)c1. The second kappa shape index (κ2) is 11.5. The van der Waals surface area contributed by atoms with E-state index in [1.165, 1.54) is 18.2 Å². The molecular weight excluding hydrogens is 519 g/mol. The molecule has 4 aromatic rings. The summed E-state index contributed by atoms with van der Waals surface area (Å²) in [5, 5.41) is 15.8. The topological polar surface area (TPSA) is 90.8 Å². The fourth-order valence-electron chi connectivity index (χ4n) is 4.79. The molecule has 0 radical (unpaired) electrons. The number of aliphatic hydroxyl groups excluding tert-OH is 1. The highest BCUT2D eigenvalue weighted by atomic mass is 19.2. The highest BCUT2D eigenvalue weighted by Crippen LogP contribution is 2.34. The average Bonchev–Trinajstić information content (AvgIpc) is 3.10. The Kier molecular flexibility index (Phi) is 7.75. The lowest BCUT2D eigenvalue weighted by atomic mass is 9.81. The van der Waals surface area contributed by atoms with Gasteiger partial charge in [0.25, 0.3) is 5.91 Å². The number of benzodiazepines with no additional fused rings is 1. The van der Waals surface area contributed by atoms with E-state index in [-0.39, 0.29) is 5.56 Å². The molecule has 0 saturated heterocycles. The molecule has 202 valence electrons. The van der Waals surface area contributed by atoms with E-state index in [0.29, 0.717) is 22.5 Å². The molecule has 0 fully saturated rings. The summed E-state index contributed by atoms with van der Waals surface area (Å²) >= 11 is 0. The summed E-state index contributed by atoms with van der Waals surface area (Å²) in [5.74, 6) is -6.36. The van der Waals surface area contributed by atoms with Crippen LogP contribution < -0.4 is 10.6 Å². The average molecular weight is 544 g/mol. The number of nitrogens with one attached hydrogen (secondary N) is 2. The minimum atomic E-state index is -1.37. The van der Waals surface area contributed by atoms with E-state index in [2.05, 4.69) is 15.6 Å². The first kappa shape index (κ1) is 26.8. The van der Waals surface area contributed by atoms with Crippen molar-refractivity contribution < 1.29 is 27.9 Å². The number of hydrogen-bond donors (Lipinski definition) is 3. The number of halogens is 3. The van der Waals surface area contributed by atoms with Gasteiger partial charge in [0.1, 0.15) is 5.82 Å². The summed E-state index contributed by atoms with van der Waals surface area (Å²) in [4.78, 5) is 31.7. The van der Waals surface area contributed by atoms with Gasteiger partial charge in [-0.2, -0.15) is 0 Å². The maximum atomic E-state index is 14.1. The van der Waals surface area contributed by atoms with E-state index in [0.717, 1.165) is 29.8 Å². The van der Waals surface area contributed by atoms with Crippen LogP contribution in [-0.2, 0) is 9.59 Å². The number of nitrogens with zero attached hydrogens (tertiary/aromatic N) is 1. The number of aliphatic imine (C=N–C) groups is 1. The minimum absolute atomic E-state index is 0.150. The Morgan fingerprint density at radius 3 is 2.25 bits per heavy atom. The summed E-state index contributed by atoms with van der Waals surface area (Å²) in [6.45, 7) is -0.624. The molecule has 2 amide bonds. The largest absolute Gasteiger partial charge is 0.396 e. The van der Waals surface area contributed by atoms with Crippen molar-refractivity contribution in [1.82, 2.24) is 5.32 Å². The van der Waals surface area contributed by atoms with Gasteiger partial charge in [-0.05, 0) is 41.5 Å². The van der Waals surface area contributed by atoms with Crippen LogP contribution >= 0.6 is 0 Å². The first-order chi connectivity index (χ1) is 19.4. The minimum Gasteiger partial charge on any atom is -0.396 e. The molecule has 0 aliphatic carbocycles. The molecule has 0 spiro atoms. The van der Waals surface area contributed by atoms with Crippen molar-refractivity contribution in [3.05, 3.63) is 137 Å². The molecule has 40 heavy (non-hydrogen) atoms. The lowest BCUT2D eigenvalue weighted by Crippen LogP contribution is -2.45. The summed E-state index contributed by atoms with van der Waals surface area (Å²) < 4.78 is 41.5. The Labute approximate surface area is 228 Å². The molecule has 1 heterocycles. The molecule has 0 bridgehead atoms. The number of rotatable bonds is 7. The van der Waals surface area contributed by atoms with Crippen LogP contribution in [-0.4, -0.2) is 35.4 Å². The Bertz CT molecular complexity index is 1580. The number of para-hydroxylation sites is 1. The monoisotopic (exact) mass is 543 g/mol. The first-order valence-corrected chi connectivity index (χ1v) is 12.5. The van der Waals surface area contributed by atoms with Gasteiger partial charge in [-0.25, -0.2) is 18.2 Å². The predicted molar refractivity (Wildman–Crippen MR) is 144 cm³/mol. The summed E-state index contributed by atoms with van der Waals surface area (Å²) in [6, 6.07) is 24.4. The fraction of sp³-hybridized carbons (Fsp3) is 0.129. The van der Waals surface area contributed by atoms with Crippen LogP contribution in [0.5, 0.6) is 0 Å². The van der Waals surface area contributed by atoms with Crippen LogP contribution in [0.25, 0.3) is 0 Å². The van der Waals surface area contributed by atoms with Crippen LogP contribution in [0.1, 0.15) is 34.1 Å². The highest BCUT2D eigenvalue weighted by Gasteiger charge is 2.35. The van der Waals surface area contributed by atoms with Crippen LogP contribution in [0.4, 0.5) is 18.9 Å². The van der Waals surface area contributed by atoms with Crippen molar-refractivity contribution in [3.63, 3.8) is 0 Å². The second-order valence-corrected chi connectivity index (χ2v) is 9.28. The summed E-state index contributed by atoms with van der Waals surface area (Å²) in [6.07, 6.45) is -1.37. The number of fused-ring (bicyclic) bond motifs is 1. The Balaban J connectivity index is 1.55. The van der Waals surface area contributed by atoms with E-state index in [1.54, 1.807) is 24.3 Å². The standard InChI is InChI=1S/C31H24F3N3O3/c32-21-13-10-18(11-14-21)27(23(17-38)20-12-15-24(33)25(34)16-20)30(39)37-29-31(40)35-26-9-5-4-8-22(26)28(36-29)19-6-2-1-3-7-19/h1-16,23,27,29,38H,17H2,(H,35,40)(H,37,39)/t23-,27+,29?/m0/s1. The second-order valence-electron chi connectivity index (χ2n) is 9.28. The van der Waals surface area contributed by atoms with E-state index in [1.807, 2.05) is 30.3 Å². The van der Waals surface area contributed by atoms with Crippen molar-refractivity contribution in [2.24, 2.45) is 4.99 Å². The van der Waals surface area contributed by atoms with Gasteiger partial charge in [-0.3, -0.25) is 9.59 Å². The molecule has 0 aromatic heterocycles. The molecule has 1 aliphatic rings. The molecule has 3 atom stereocenters. The Morgan fingerprint density at radius 2 is 1.55 bits per heavy atom.